The fourth-order valence-electron chi connectivity index (χ4n) is 2.95. The van der Waals surface area contributed by atoms with Crippen molar-refractivity contribution in [2.45, 2.75) is 38.6 Å². The van der Waals surface area contributed by atoms with Crippen molar-refractivity contribution in [1.29, 1.82) is 0 Å². The summed E-state index contributed by atoms with van der Waals surface area (Å²) < 4.78 is 16.4. The highest BCUT2D eigenvalue weighted by atomic mass is 16.5. The minimum atomic E-state index is -1.09. The maximum atomic E-state index is 10.1. The van der Waals surface area contributed by atoms with E-state index in [2.05, 4.69) is 4.98 Å². The molecular weight excluding hydrogens is 373 g/mol. The van der Waals surface area contributed by atoms with Crippen molar-refractivity contribution in [1.82, 2.24) is 4.98 Å². The SMILES string of the molecule is CCCOc1cc(-c2cncc([C@H](CO)CB(O)O[C@H](C)CO)c2)ccc1OC. The second-order valence-electron chi connectivity index (χ2n) is 6.92. The summed E-state index contributed by atoms with van der Waals surface area (Å²) in [5.41, 5.74) is 2.56. The number of aliphatic hydroxyl groups excluding tert-OH is 2. The topological polar surface area (TPSA) is 101 Å². The highest BCUT2D eigenvalue weighted by molar-refractivity contribution is 6.43. The third-order valence-corrected chi connectivity index (χ3v) is 4.54. The van der Waals surface area contributed by atoms with Gasteiger partial charge in [0.1, 0.15) is 0 Å². The van der Waals surface area contributed by atoms with Gasteiger partial charge in [0.05, 0.1) is 26.4 Å². The highest BCUT2D eigenvalue weighted by Crippen LogP contribution is 2.33. The Kier molecular flexibility index (Phi) is 9.40. The molecule has 8 heteroatoms. The maximum Gasteiger partial charge on any atom is 0.455 e. The minimum absolute atomic E-state index is 0.160. The van der Waals surface area contributed by atoms with E-state index in [4.69, 9.17) is 19.2 Å². The van der Waals surface area contributed by atoms with Crippen LogP contribution in [-0.4, -0.2) is 60.4 Å². The number of pyridine rings is 1. The van der Waals surface area contributed by atoms with Crippen LogP contribution in [0.5, 0.6) is 11.5 Å². The van der Waals surface area contributed by atoms with Crippen LogP contribution in [0.3, 0.4) is 0 Å². The number of hydrogen-bond donors (Lipinski definition) is 3. The number of ether oxygens (including phenoxy) is 2. The van der Waals surface area contributed by atoms with Crippen LogP contribution in [0.1, 0.15) is 31.7 Å². The predicted octanol–water partition coefficient (Wildman–Crippen LogP) is 2.50. The Morgan fingerprint density at radius 1 is 1.07 bits per heavy atom. The number of nitrogens with zero attached hydrogens (tertiary/aromatic N) is 1. The van der Waals surface area contributed by atoms with Gasteiger partial charge < -0.3 is 29.4 Å². The molecule has 1 heterocycles. The molecule has 1 aromatic carbocycles. The van der Waals surface area contributed by atoms with Crippen molar-refractivity contribution < 1.29 is 29.4 Å². The average Bonchev–Trinajstić information content (AvgIpc) is 2.75. The summed E-state index contributed by atoms with van der Waals surface area (Å²) in [6.45, 7) is 3.96. The van der Waals surface area contributed by atoms with Crippen LogP contribution in [0, 0.1) is 0 Å². The number of hydrogen-bond acceptors (Lipinski definition) is 7. The lowest BCUT2D eigenvalue weighted by Gasteiger charge is -2.19. The highest BCUT2D eigenvalue weighted by Gasteiger charge is 2.24. The number of rotatable bonds is 12. The van der Waals surface area contributed by atoms with Crippen molar-refractivity contribution in [2.24, 2.45) is 0 Å². The van der Waals surface area contributed by atoms with Gasteiger partial charge >= 0.3 is 7.12 Å². The molecule has 0 unspecified atom stereocenters. The van der Waals surface area contributed by atoms with E-state index in [1.165, 1.54) is 0 Å². The Bertz CT molecular complexity index is 760. The van der Waals surface area contributed by atoms with E-state index in [0.29, 0.717) is 18.1 Å². The molecule has 0 amide bonds. The first-order valence-corrected chi connectivity index (χ1v) is 9.83. The molecule has 0 fully saturated rings. The van der Waals surface area contributed by atoms with E-state index in [0.717, 1.165) is 23.1 Å². The van der Waals surface area contributed by atoms with Crippen LogP contribution < -0.4 is 9.47 Å². The van der Waals surface area contributed by atoms with Crippen molar-refractivity contribution in [3.05, 3.63) is 42.2 Å². The molecule has 0 aliphatic heterocycles. The first-order chi connectivity index (χ1) is 14.0. The van der Waals surface area contributed by atoms with Crippen LogP contribution >= 0.6 is 0 Å². The molecule has 0 saturated carbocycles. The lowest BCUT2D eigenvalue weighted by Crippen LogP contribution is -2.28. The summed E-state index contributed by atoms with van der Waals surface area (Å²) in [7, 11) is 0.514. The van der Waals surface area contributed by atoms with Gasteiger partial charge in [0, 0.05) is 30.5 Å². The molecule has 2 aromatic rings. The summed E-state index contributed by atoms with van der Waals surface area (Å²) in [6, 6.07) is 7.61. The summed E-state index contributed by atoms with van der Waals surface area (Å²) in [5.74, 6) is 0.980. The van der Waals surface area contributed by atoms with Gasteiger partial charge in [-0.2, -0.15) is 0 Å². The van der Waals surface area contributed by atoms with Crippen molar-refractivity contribution in [2.75, 3.05) is 26.9 Å². The molecule has 2 rings (SSSR count). The molecule has 0 aliphatic carbocycles. The second kappa shape index (κ2) is 11.8. The first-order valence-electron chi connectivity index (χ1n) is 9.83. The van der Waals surface area contributed by atoms with Crippen LogP contribution in [-0.2, 0) is 4.65 Å². The Morgan fingerprint density at radius 3 is 2.52 bits per heavy atom. The lowest BCUT2D eigenvalue weighted by molar-refractivity contribution is 0.107. The summed E-state index contributed by atoms with van der Waals surface area (Å²) in [5, 5.41) is 28.9. The summed E-state index contributed by atoms with van der Waals surface area (Å²) in [4.78, 5) is 4.30. The molecule has 3 N–H and O–H groups in total. The quantitative estimate of drug-likeness (QED) is 0.468. The standard InChI is InChI=1S/C21H30BNO6/c1-4-7-28-21-9-16(5-6-20(21)27-3)17-8-18(12-23-11-17)19(14-25)10-22(26)29-15(2)13-24/h5-6,8-9,11-12,15,19,24-26H,4,7,10,13-14H2,1-3H3/t15-,19+/m1/s1. The van der Waals surface area contributed by atoms with Gasteiger partial charge in [-0.15, -0.1) is 0 Å². The molecule has 0 aliphatic rings. The average molecular weight is 403 g/mol. The molecule has 0 spiro atoms. The van der Waals surface area contributed by atoms with Gasteiger partial charge in [0.15, 0.2) is 11.5 Å². The lowest BCUT2D eigenvalue weighted by atomic mass is 9.75. The van der Waals surface area contributed by atoms with Gasteiger partial charge in [-0.25, -0.2) is 0 Å². The van der Waals surface area contributed by atoms with E-state index in [9.17, 15) is 10.1 Å². The molecule has 2 atom stereocenters. The minimum Gasteiger partial charge on any atom is -0.493 e. The molecule has 158 valence electrons. The maximum absolute atomic E-state index is 10.1. The number of aliphatic hydroxyl groups is 2. The molecule has 0 radical (unpaired) electrons. The number of aromatic nitrogens is 1. The van der Waals surface area contributed by atoms with Gasteiger partial charge in [0.2, 0.25) is 0 Å². The van der Waals surface area contributed by atoms with Crippen LogP contribution in [0.4, 0.5) is 0 Å². The molecule has 1 aromatic heterocycles. The predicted molar refractivity (Wildman–Crippen MR) is 112 cm³/mol. The Balaban J connectivity index is 2.23. The van der Waals surface area contributed by atoms with Crippen molar-refractivity contribution in [3.63, 3.8) is 0 Å². The molecule has 0 bridgehead atoms. The molecule has 29 heavy (non-hydrogen) atoms. The second-order valence-corrected chi connectivity index (χ2v) is 6.92. The smallest absolute Gasteiger partial charge is 0.455 e. The zero-order chi connectivity index (χ0) is 21.2. The van der Waals surface area contributed by atoms with E-state index < -0.39 is 13.2 Å². The third kappa shape index (κ3) is 6.71. The molecule has 0 saturated heterocycles. The van der Waals surface area contributed by atoms with Gasteiger partial charge in [-0.05, 0) is 49.0 Å². The van der Waals surface area contributed by atoms with Crippen LogP contribution in [0.25, 0.3) is 11.1 Å². The Labute approximate surface area is 172 Å². The van der Waals surface area contributed by atoms with Crippen molar-refractivity contribution in [3.8, 4) is 22.6 Å². The number of benzene rings is 1. The summed E-state index contributed by atoms with van der Waals surface area (Å²) >= 11 is 0. The monoisotopic (exact) mass is 403 g/mol. The molecule has 7 nitrogen and oxygen atoms in total. The largest absolute Gasteiger partial charge is 0.493 e. The Hall–Kier alpha value is -2.13. The van der Waals surface area contributed by atoms with Gasteiger partial charge in [-0.1, -0.05) is 13.0 Å². The first kappa shape index (κ1) is 23.2. The normalized spacial score (nSPS) is 13.0. The van der Waals surface area contributed by atoms with Gasteiger partial charge in [-0.3, -0.25) is 4.98 Å². The summed E-state index contributed by atoms with van der Waals surface area (Å²) in [6.07, 6.45) is 4.02. The van der Waals surface area contributed by atoms with Crippen molar-refractivity contribution >= 4 is 7.12 Å². The van der Waals surface area contributed by atoms with E-state index in [1.54, 1.807) is 26.4 Å². The van der Waals surface area contributed by atoms with Crippen LogP contribution in [0.15, 0.2) is 36.7 Å². The van der Waals surface area contributed by atoms with Crippen LogP contribution in [0.2, 0.25) is 6.32 Å². The number of methoxy groups -OCH3 is 1. The van der Waals surface area contributed by atoms with E-state index >= 15 is 0 Å². The zero-order valence-electron chi connectivity index (χ0n) is 17.2. The Morgan fingerprint density at radius 2 is 1.86 bits per heavy atom. The van der Waals surface area contributed by atoms with E-state index in [-0.39, 0.29) is 25.5 Å². The third-order valence-electron chi connectivity index (χ3n) is 4.54. The van der Waals surface area contributed by atoms with Gasteiger partial charge in [0.25, 0.3) is 0 Å². The van der Waals surface area contributed by atoms with E-state index in [1.807, 2.05) is 31.2 Å². The molecular formula is C21H30BNO6. The fraction of sp³-hybridized carbons (Fsp3) is 0.476. The zero-order valence-corrected chi connectivity index (χ0v) is 17.2. The fourth-order valence-corrected chi connectivity index (χ4v) is 2.95.